The highest BCUT2D eigenvalue weighted by atomic mass is 32.2. The minimum Gasteiger partial charge on any atom is -0.385 e. The van der Waals surface area contributed by atoms with Gasteiger partial charge in [0.05, 0.1) is 4.90 Å². The molecule has 0 unspecified atom stereocenters. The van der Waals surface area contributed by atoms with Gasteiger partial charge >= 0.3 is 0 Å². The normalized spacial score (nSPS) is 11.8. The fraction of sp³-hybridized carbons (Fsp3) is 0.357. The molecule has 0 saturated heterocycles. The molecule has 1 aromatic heterocycles. The first-order valence-electron chi connectivity index (χ1n) is 6.74. The molecule has 0 radical (unpaired) electrons. The molecule has 0 aliphatic heterocycles. The topological polar surface area (TPSA) is 67.2 Å². The molecule has 1 N–H and O–H groups in total. The van der Waals surface area contributed by atoms with Crippen LogP contribution in [-0.4, -0.2) is 43.1 Å². The minimum absolute atomic E-state index is 0.301. The Labute approximate surface area is 125 Å². The molecule has 1 heterocycles. The summed E-state index contributed by atoms with van der Waals surface area (Å²) < 4.78 is 27.0. The third-order valence-corrected chi connectivity index (χ3v) is 4.91. The van der Waals surface area contributed by atoms with E-state index < -0.39 is 10.0 Å². The highest BCUT2D eigenvalue weighted by Crippen LogP contribution is 2.16. The van der Waals surface area contributed by atoms with E-state index in [1.807, 2.05) is 16.9 Å². The monoisotopic (exact) mass is 308 g/mol. The molecule has 0 aliphatic carbocycles. The average molecular weight is 308 g/mol. The van der Waals surface area contributed by atoms with Crippen molar-refractivity contribution in [1.29, 1.82) is 0 Å². The molecule has 0 amide bonds. The molecule has 21 heavy (non-hydrogen) atoms. The van der Waals surface area contributed by atoms with Gasteiger partial charge in [0.1, 0.15) is 0 Å². The summed E-state index contributed by atoms with van der Waals surface area (Å²) in [4.78, 5) is 0.301. The Morgan fingerprint density at radius 1 is 1.24 bits per heavy atom. The van der Waals surface area contributed by atoms with Crippen LogP contribution in [0.3, 0.4) is 0 Å². The molecular weight excluding hydrogens is 288 g/mol. The second-order valence-corrected chi connectivity index (χ2v) is 7.01. The minimum atomic E-state index is -3.35. The van der Waals surface area contributed by atoms with E-state index in [0.717, 1.165) is 25.2 Å². The maximum atomic E-state index is 11.9. The molecule has 2 aromatic rings. The van der Waals surface area contributed by atoms with Gasteiger partial charge in [0.2, 0.25) is 10.0 Å². The van der Waals surface area contributed by atoms with E-state index in [1.165, 1.54) is 18.4 Å². The van der Waals surface area contributed by atoms with Crippen molar-refractivity contribution in [2.75, 3.05) is 26.0 Å². The summed E-state index contributed by atoms with van der Waals surface area (Å²) in [6, 6.07) is 8.70. The van der Waals surface area contributed by atoms with E-state index in [4.69, 9.17) is 0 Å². The first-order valence-corrected chi connectivity index (χ1v) is 8.18. The van der Waals surface area contributed by atoms with Crippen LogP contribution in [0, 0.1) is 0 Å². The smallest absolute Gasteiger partial charge is 0.242 e. The van der Waals surface area contributed by atoms with E-state index >= 15 is 0 Å². The third-order valence-electron chi connectivity index (χ3n) is 3.09. The molecule has 0 aliphatic rings. The number of hydrogen-bond donors (Lipinski definition) is 1. The zero-order valence-corrected chi connectivity index (χ0v) is 13.0. The summed E-state index contributed by atoms with van der Waals surface area (Å²) in [7, 11) is -0.305. The maximum absolute atomic E-state index is 11.9. The number of aryl methyl sites for hydroxylation is 1. The van der Waals surface area contributed by atoms with Crippen LogP contribution in [0.25, 0.3) is 0 Å². The van der Waals surface area contributed by atoms with Gasteiger partial charge in [-0.05, 0) is 36.8 Å². The lowest BCUT2D eigenvalue weighted by Gasteiger charge is -2.12. The molecule has 114 valence electrons. The predicted molar refractivity (Wildman–Crippen MR) is 82.6 cm³/mol. The Hall–Kier alpha value is -1.86. The third kappa shape index (κ3) is 4.05. The fourth-order valence-corrected chi connectivity index (χ4v) is 2.76. The van der Waals surface area contributed by atoms with Crippen LogP contribution in [0.4, 0.5) is 5.69 Å². The Balaban J connectivity index is 1.85. The van der Waals surface area contributed by atoms with Crippen LogP contribution in [0.2, 0.25) is 0 Å². The van der Waals surface area contributed by atoms with Gasteiger partial charge in [0.25, 0.3) is 0 Å². The first-order chi connectivity index (χ1) is 10.00. The Bertz CT molecular complexity index is 649. The number of aromatic nitrogens is 2. The van der Waals surface area contributed by atoms with Crippen LogP contribution in [0.5, 0.6) is 0 Å². The van der Waals surface area contributed by atoms with Crippen molar-refractivity contribution >= 4 is 15.7 Å². The fourth-order valence-electron chi connectivity index (χ4n) is 1.86. The molecule has 0 spiro atoms. The number of rotatable bonds is 7. The van der Waals surface area contributed by atoms with Gasteiger partial charge in [-0.15, -0.1) is 0 Å². The average Bonchev–Trinajstić information content (AvgIpc) is 2.97. The molecule has 1 aromatic carbocycles. The van der Waals surface area contributed by atoms with Gasteiger partial charge in [-0.2, -0.15) is 5.10 Å². The lowest BCUT2D eigenvalue weighted by atomic mass is 10.3. The van der Waals surface area contributed by atoms with Crippen LogP contribution in [0.15, 0.2) is 47.6 Å². The van der Waals surface area contributed by atoms with E-state index in [-0.39, 0.29) is 0 Å². The van der Waals surface area contributed by atoms with E-state index in [9.17, 15) is 8.42 Å². The summed E-state index contributed by atoms with van der Waals surface area (Å²) in [6.45, 7) is 1.66. The van der Waals surface area contributed by atoms with Crippen molar-refractivity contribution in [3.8, 4) is 0 Å². The Morgan fingerprint density at radius 3 is 2.52 bits per heavy atom. The van der Waals surface area contributed by atoms with Crippen LogP contribution in [0.1, 0.15) is 6.42 Å². The highest BCUT2D eigenvalue weighted by molar-refractivity contribution is 7.89. The standard InChI is InChI=1S/C14H20N4O2S/c1-17(2)21(19,20)14-7-5-13(6-8-14)15-9-3-11-18-12-4-10-16-18/h4-8,10,12,15H,3,9,11H2,1-2H3. The SMILES string of the molecule is CN(C)S(=O)(=O)c1ccc(NCCCn2cccn2)cc1. The summed E-state index contributed by atoms with van der Waals surface area (Å²) in [5.41, 5.74) is 0.910. The highest BCUT2D eigenvalue weighted by Gasteiger charge is 2.16. The van der Waals surface area contributed by atoms with E-state index in [0.29, 0.717) is 4.90 Å². The predicted octanol–water partition coefficient (Wildman–Crippen LogP) is 1.64. The number of nitrogens with one attached hydrogen (secondary N) is 1. The summed E-state index contributed by atoms with van der Waals surface area (Å²) in [6.07, 6.45) is 4.64. The van der Waals surface area contributed by atoms with Gasteiger partial charge in [-0.3, -0.25) is 4.68 Å². The van der Waals surface area contributed by atoms with Crippen LogP contribution >= 0.6 is 0 Å². The van der Waals surface area contributed by atoms with Crippen molar-refractivity contribution in [3.63, 3.8) is 0 Å². The molecule has 0 atom stereocenters. The van der Waals surface area contributed by atoms with Crippen molar-refractivity contribution in [2.45, 2.75) is 17.9 Å². The molecular formula is C14H20N4O2S. The second-order valence-electron chi connectivity index (χ2n) is 4.86. The number of benzene rings is 1. The Kier molecular flexibility index (Phi) is 4.98. The van der Waals surface area contributed by atoms with Gasteiger partial charge in [0, 0.05) is 45.3 Å². The molecule has 0 saturated carbocycles. The maximum Gasteiger partial charge on any atom is 0.242 e. The number of hydrogen-bond acceptors (Lipinski definition) is 4. The van der Waals surface area contributed by atoms with Gasteiger partial charge < -0.3 is 5.32 Å². The van der Waals surface area contributed by atoms with Crippen LogP contribution in [-0.2, 0) is 16.6 Å². The van der Waals surface area contributed by atoms with Crippen molar-refractivity contribution in [3.05, 3.63) is 42.7 Å². The molecule has 0 bridgehead atoms. The quantitative estimate of drug-likeness (QED) is 0.790. The zero-order chi connectivity index (χ0) is 15.3. The zero-order valence-electron chi connectivity index (χ0n) is 12.2. The van der Waals surface area contributed by atoms with Crippen molar-refractivity contribution in [2.24, 2.45) is 0 Å². The Morgan fingerprint density at radius 2 is 1.95 bits per heavy atom. The van der Waals surface area contributed by atoms with Gasteiger partial charge in [-0.25, -0.2) is 12.7 Å². The molecule has 7 heteroatoms. The number of nitrogens with zero attached hydrogens (tertiary/aromatic N) is 3. The lowest BCUT2D eigenvalue weighted by molar-refractivity contribution is 0.521. The van der Waals surface area contributed by atoms with E-state index in [2.05, 4.69) is 10.4 Å². The first kappa shape index (κ1) is 15.5. The largest absolute Gasteiger partial charge is 0.385 e. The molecule has 6 nitrogen and oxygen atoms in total. The summed E-state index contributed by atoms with van der Waals surface area (Å²) >= 11 is 0. The number of sulfonamides is 1. The second kappa shape index (κ2) is 6.73. The summed E-state index contributed by atoms with van der Waals surface area (Å²) in [5.74, 6) is 0. The number of anilines is 1. The van der Waals surface area contributed by atoms with Gasteiger partial charge in [0.15, 0.2) is 0 Å². The van der Waals surface area contributed by atoms with Crippen molar-refractivity contribution < 1.29 is 8.42 Å². The van der Waals surface area contributed by atoms with E-state index in [1.54, 1.807) is 30.5 Å². The molecule has 0 fully saturated rings. The van der Waals surface area contributed by atoms with Crippen molar-refractivity contribution in [1.82, 2.24) is 14.1 Å². The lowest BCUT2D eigenvalue weighted by Crippen LogP contribution is -2.22. The summed E-state index contributed by atoms with van der Waals surface area (Å²) in [5, 5.41) is 7.40. The van der Waals surface area contributed by atoms with Gasteiger partial charge in [-0.1, -0.05) is 0 Å². The molecule has 2 rings (SSSR count). The van der Waals surface area contributed by atoms with Crippen LogP contribution < -0.4 is 5.32 Å².